The Kier molecular flexibility index (Phi) is 3.97. The van der Waals surface area contributed by atoms with E-state index in [4.69, 9.17) is 10.5 Å². The van der Waals surface area contributed by atoms with Crippen molar-refractivity contribution in [3.63, 3.8) is 0 Å². The maximum absolute atomic E-state index is 9.73. The van der Waals surface area contributed by atoms with Gasteiger partial charge in [0.05, 0.1) is 23.6 Å². The minimum atomic E-state index is -0.257. The van der Waals surface area contributed by atoms with Gasteiger partial charge in [-0.3, -0.25) is 0 Å². The fourth-order valence-electron chi connectivity index (χ4n) is 2.34. The summed E-state index contributed by atoms with van der Waals surface area (Å²) in [6.45, 7) is 5.55. The van der Waals surface area contributed by atoms with Crippen molar-refractivity contribution in [1.29, 1.82) is 0 Å². The fraction of sp³-hybridized carbons (Fsp3) is 0.571. The van der Waals surface area contributed by atoms with E-state index in [0.717, 1.165) is 30.8 Å². The van der Waals surface area contributed by atoms with E-state index in [9.17, 15) is 5.11 Å². The Hall–Kier alpha value is -1.42. The SMILES string of the molecule is CC(C)Oc1cccc(N2CCCC(O)C2)c1N. The van der Waals surface area contributed by atoms with Crippen LogP contribution in [0.2, 0.25) is 0 Å². The molecule has 0 radical (unpaired) electrons. The van der Waals surface area contributed by atoms with Crippen LogP contribution in [0.5, 0.6) is 5.75 Å². The Balaban J connectivity index is 2.22. The molecule has 1 aliphatic rings. The van der Waals surface area contributed by atoms with Crippen molar-refractivity contribution in [2.75, 3.05) is 23.7 Å². The second-order valence-corrected chi connectivity index (χ2v) is 5.10. The normalized spacial score (nSPS) is 20.2. The zero-order chi connectivity index (χ0) is 13.1. The van der Waals surface area contributed by atoms with Gasteiger partial charge in [-0.15, -0.1) is 0 Å². The van der Waals surface area contributed by atoms with Crippen molar-refractivity contribution >= 4 is 11.4 Å². The first-order chi connectivity index (χ1) is 8.58. The van der Waals surface area contributed by atoms with Crippen LogP contribution < -0.4 is 15.4 Å². The predicted molar refractivity (Wildman–Crippen MR) is 74.1 cm³/mol. The Bertz CT molecular complexity index is 407. The van der Waals surface area contributed by atoms with Crippen LogP contribution in [0.1, 0.15) is 26.7 Å². The Morgan fingerprint density at radius 3 is 2.89 bits per heavy atom. The Labute approximate surface area is 108 Å². The second kappa shape index (κ2) is 5.48. The summed E-state index contributed by atoms with van der Waals surface area (Å²) in [4.78, 5) is 2.14. The summed E-state index contributed by atoms with van der Waals surface area (Å²) in [6.07, 6.45) is 1.72. The van der Waals surface area contributed by atoms with Crippen molar-refractivity contribution in [3.05, 3.63) is 18.2 Å². The van der Waals surface area contributed by atoms with E-state index in [-0.39, 0.29) is 12.2 Å². The van der Waals surface area contributed by atoms with Gasteiger partial charge in [0.1, 0.15) is 5.75 Å². The number of anilines is 2. The number of β-amino-alcohol motifs (C(OH)–C–C–N with tert-alkyl or cyclic N) is 1. The first kappa shape index (κ1) is 13.0. The number of ether oxygens (including phenoxy) is 1. The molecule has 1 saturated heterocycles. The van der Waals surface area contributed by atoms with Gasteiger partial charge in [-0.2, -0.15) is 0 Å². The molecule has 1 atom stereocenters. The van der Waals surface area contributed by atoms with Gasteiger partial charge in [-0.25, -0.2) is 0 Å². The van der Waals surface area contributed by atoms with Crippen LogP contribution in [-0.2, 0) is 0 Å². The molecule has 1 heterocycles. The highest BCUT2D eigenvalue weighted by Gasteiger charge is 2.20. The zero-order valence-corrected chi connectivity index (χ0v) is 11.1. The molecule has 100 valence electrons. The third kappa shape index (κ3) is 2.88. The van der Waals surface area contributed by atoms with Crippen molar-refractivity contribution in [2.24, 2.45) is 0 Å². The summed E-state index contributed by atoms with van der Waals surface area (Å²) in [5.41, 5.74) is 7.79. The van der Waals surface area contributed by atoms with Gasteiger partial charge in [0, 0.05) is 13.1 Å². The van der Waals surface area contributed by atoms with Crippen LogP contribution in [0, 0.1) is 0 Å². The molecule has 0 aromatic heterocycles. The molecule has 3 N–H and O–H groups in total. The van der Waals surface area contributed by atoms with Gasteiger partial charge in [0.2, 0.25) is 0 Å². The number of aliphatic hydroxyl groups excluding tert-OH is 1. The molecule has 1 aliphatic heterocycles. The summed E-state index contributed by atoms with van der Waals surface area (Å²) < 4.78 is 5.69. The highest BCUT2D eigenvalue weighted by Crippen LogP contribution is 2.34. The van der Waals surface area contributed by atoms with Gasteiger partial charge >= 0.3 is 0 Å². The summed E-state index contributed by atoms with van der Waals surface area (Å²) in [7, 11) is 0. The lowest BCUT2D eigenvalue weighted by atomic mass is 10.1. The van der Waals surface area contributed by atoms with Gasteiger partial charge in [0.25, 0.3) is 0 Å². The molecular formula is C14H22N2O2. The summed E-state index contributed by atoms with van der Waals surface area (Å²) in [5, 5.41) is 9.73. The molecule has 0 bridgehead atoms. The molecule has 18 heavy (non-hydrogen) atoms. The van der Waals surface area contributed by atoms with Gasteiger partial charge in [0.15, 0.2) is 0 Å². The number of nitrogen functional groups attached to an aromatic ring is 1. The van der Waals surface area contributed by atoms with Crippen molar-refractivity contribution in [2.45, 2.75) is 38.9 Å². The maximum atomic E-state index is 9.73. The van der Waals surface area contributed by atoms with Gasteiger partial charge in [-0.05, 0) is 38.8 Å². The zero-order valence-electron chi connectivity index (χ0n) is 11.1. The van der Waals surface area contributed by atoms with E-state index >= 15 is 0 Å². The molecule has 0 saturated carbocycles. The minimum Gasteiger partial charge on any atom is -0.489 e. The number of aliphatic hydroxyl groups is 1. The lowest BCUT2D eigenvalue weighted by molar-refractivity contribution is 0.154. The number of nitrogens with two attached hydrogens (primary N) is 1. The van der Waals surface area contributed by atoms with Crippen LogP contribution in [0.25, 0.3) is 0 Å². The fourth-order valence-corrected chi connectivity index (χ4v) is 2.34. The molecule has 1 aromatic carbocycles. The van der Waals surface area contributed by atoms with E-state index in [0.29, 0.717) is 12.2 Å². The molecule has 1 fully saturated rings. The van der Waals surface area contributed by atoms with Crippen LogP contribution >= 0.6 is 0 Å². The van der Waals surface area contributed by atoms with E-state index in [2.05, 4.69) is 4.90 Å². The highest BCUT2D eigenvalue weighted by molar-refractivity contribution is 5.74. The van der Waals surface area contributed by atoms with Crippen LogP contribution in [-0.4, -0.2) is 30.4 Å². The summed E-state index contributed by atoms with van der Waals surface area (Å²) >= 11 is 0. The Morgan fingerprint density at radius 1 is 1.44 bits per heavy atom. The highest BCUT2D eigenvalue weighted by atomic mass is 16.5. The largest absolute Gasteiger partial charge is 0.489 e. The van der Waals surface area contributed by atoms with E-state index in [1.54, 1.807) is 0 Å². The molecule has 1 unspecified atom stereocenters. The molecule has 0 aliphatic carbocycles. The third-order valence-electron chi connectivity index (χ3n) is 3.14. The van der Waals surface area contributed by atoms with Crippen molar-refractivity contribution in [3.8, 4) is 5.75 Å². The van der Waals surface area contributed by atoms with Crippen LogP contribution in [0.3, 0.4) is 0 Å². The van der Waals surface area contributed by atoms with Crippen molar-refractivity contribution in [1.82, 2.24) is 0 Å². The van der Waals surface area contributed by atoms with E-state index < -0.39 is 0 Å². The van der Waals surface area contributed by atoms with Crippen molar-refractivity contribution < 1.29 is 9.84 Å². The average molecular weight is 250 g/mol. The molecule has 2 rings (SSSR count). The standard InChI is InChI=1S/C14H22N2O2/c1-10(2)18-13-7-3-6-12(14(13)15)16-8-4-5-11(17)9-16/h3,6-7,10-11,17H,4-5,8-9,15H2,1-2H3. The first-order valence-corrected chi connectivity index (χ1v) is 6.56. The smallest absolute Gasteiger partial charge is 0.144 e. The molecule has 0 spiro atoms. The van der Waals surface area contributed by atoms with E-state index in [1.165, 1.54) is 0 Å². The maximum Gasteiger partial charge on any atom is 0.144 e. The lowest BCUT2D eigenvalue weighted by Crippen LogP contribution is -2.38. The predicted octanol–water partition coefficient (Wildman–Crippen LogP) is 2.02. The van der Waals surface area contributed by atoms with Crippen LogP contribution in [0.4, 0.5) is 11.4 Å². The third-order valence-corrected chi connectivity index (χ3v) is 3.14. The number of nitrogens with zero attached hydrogens (tertiary/aromatic N) is 1. The summed E-state index contributed by atoms with van der Waals surface area (Å²) in [6, 6.07) is 5.82. The van der Waals surface area contributed by atoms with Gasteiger partial charge < -0.3 is 20.5 Å². The lowest BCUT2D eigenvalue weighted by Gasteiger charge is -2.33. The minimum absolute atomic E-state index is 0.106. The number of piperidine rings is 1. The summed E-state index contributed by atoms with van der Waals surface area (Å²) in [5.74, 6) is 0.725. The topological polar surface area (TPSA) is 58.7 Å². The molecule has 0 amide bonds. The molecule has 4 heteroatoms. The molecule has 1 aromatic rings. The molecular weight excluding hydrogens is 228 g/mol. The number of benzene rings is 1. The van der Waals surface area contributed by atoms with Crippen LogP contribution in [0.15, 0.2) is 18.2 Å². The van der Waals surface area contributed by atoms with Gasteiger partial charge in [-0.1, -0.05) is 6.07 Å². The number of hydrogen-bond acceptors (Lipinski definition) is 4. The average Bonchev–Trinajstić information content (AvgIpc) is 2.31. The second-order valence-electron chi connectivity index (χ2n) is 5.10. The van der Waals surface area contributed by atoms with E-state index in [1.807, 2.05) is 32.0 Å². The number of para-hydroxylation sites is 1. The number of rotatable bonds is 3. The number of hydrogen-bond donors (Lipinski definition) is 2. The molecule has 4 nitrogen and oxygen atoms in total. The Morgan fingerprint density at radius 2 is 2.22 bits per heavy atom. The quantitative estimate of drug-likeness (QED) is 0.806. The monoisotopic (exact) mass is 250 g/mol. The first-order valence-electron chi connectivity index (χ1n) is 6.56.